The number of unbranched alkanes of at least 4 members (excludes halogenated alkanes) is 3. The average molecular weight is 450 g/mol. The molecular formula is C25H36ClNO4. The number of hydrogen-bond donors (Lipinski definition) is 2. The molecule has 2 atom stereocenters. The van der Waals surface area contributed by atoms with Crippen LogP contribution in [0.1, 0.15) is 82.3 Å². The van der Waals surface area contributed by atoms with Gasteiger partial charge in [-0.05, 0) is 42.7 Å². The second-order valence-electron chi connectivity index (χ2n) is 8.74. The van der Waals surface area contributed by atoms with Gasteiger partial charge >= 0.3 is 5.97 Å². The molecule has 5 nitrogen and oxygen atoms in total. The molecule has 1 aliphatic heterocycles. The number of carboxylic acid groups (broad SMARTS) is 1. The highest BCUT2D eigenvalue weighted by molar-refractivity contribution is 6.32. The number of halogens is 1. The van der Waals surface area contributed by atoms with Crippen molar-refractivity contribution in [3.8, 4) is 0 Å². The quantitative estimate of drug-likeness (QED) is 0.333. The fraction of sp³-hybridized carbons (Fsp3) is 0.600. The van der Waals surface area contributed by atoms with E-state index in [4.69, 9.17) is 16.7 Å². The highest BCUT2D eigenvalue weighted by atomic mass is 35.5. The van der Waals surface area contributed by atoms with Crippen molar-refractivity contribution in [2.75, 3.05) is 6.54 Å². The summed E-state index contributed by atoms with van der Waals surface area (Å²) >= 11 is 6.53. The van der Waals surface area contributed by atoms with Crippen LogP contribution in [-0.4, -0.2) is 45.7 Å². The lowest BCUT2D eigenvalue weighted by molar-refractivity contribution is -0.137. The summed E-state index contributed by atoms with van der Waals surface area (Å²) in [6.07, 6.45) is 9.42. The monoisotopic (exact) mass is 449 g/mol. The minimum absolute atomic E-state index is 0.00684. The number of amides is 1. The Balaban J connectivity index is 1.90. The van der Waals surface area contributed by atoms with Crippen LogP contribution in [0.4, 0.5) is 0 Å². The summed E-state index contributed by atoms with van der Waals surface area (Å²) in [5, 5.41) is 20.0. The first-order valence-corrected chi connectivity index (χ1v) is 11.8. The van der Waals surface area contributed by atoms with E-state index in [1.807, 2.05) is 29.2 Å². The van der Waals surface area contributed by atoms with Crippen LogP contribution in [0.15, 0.2) is 30.4 Å². The number of aliphatic hydroxyl groups excluding tert-OH is 1. The highest BCUT2D eigenvalue weighted by Crippen LogP contribution is 2.28. The Morgan fingerprint density at radius 2 is 2.00 bits per heavy atom. The molecule has 0 spiro atoms. The van der Waals surface area contributed by atoms with Crippen LogP contribution in [0.2, 0.25) is 5.02 Å². The summed E-state index contributed by atoms with van der Waals surface area (Å²) in [6, 6.07) is 5.95. The molecule has 1 aromatic rings. The highest BCUT2D eigenvalue weighted by Gasteiger charge is 2.25. The Kier molecular flexibility index (Phi) is 10.6. The molecule has 31 heavy (non-hydrogen) atoms. The molecule has 0 saturated carbocycles. The second-order valence-corrected chi connectivity index (χ2v) is 9.11. The SMILES string of the molecule is CC(C)c1cccc(CC(O)C=C[C@H]2CCCC(=O)N2CCCCCCC(=O)O)c1Cl. The zero-order valence-electron chi connectivity index (χ0n) is 18.7. The number of carboxylic acids is 1. The van der Waals surface area contributed by atoms with Crippen LogP contribution in [0.3, 0.4) is 0 Å². The van der Waals surface area contributed by atoms with E-state index in [0.29, 0.717) is 31.7 Å². The van der Waals surface area contributed by atoms with Gasteiger partial charge in [-0.3, -0.25) is 9.59 Å². The summed E-state index contributed by atoms with van der Waals surface area (Å²) in [5.74, 6) is -0.271. The van der Waals surface area contributed by atoms with Crippen molar-refractivity contribution in [2.24, 2.45) is 0 Å². The van der Waals surface area contributed by atoms with Crippen LogP contribution in [0.25, 0.3) is 0 Å². The number of rotatable bonds is 12. The van der Waals surface area contributed by atoms with Crippen LogP contribution < -0.4 is 0 Å². The molecule has 0 aromatic heterocycles. The number of aliphatic hydroxyl groups is 1. The zero-order valence-corrected chi connectivity index (χ0v) is 19.5. The van der Waals surface area contributed by atoms with Gasteiger partial charge in [0, 0.05) is 30.8 Å². The second kappa shape index (κ2) is 12.9. The number of carbonyl (C=O) groups is 2. The molecule has 2 N–H and O–H groups in total. The average Bonchev–Trinajstić information content (AvgIpc) is 2.71. The van der Waals surface area contributed by atoms with Crippen molar-refractivity contribution in [1.82, 2.24) is 4.90 Å². The Morgan fingerprint density at radius 1 is 1.26 bits per heavy atom. The number of carbonyl (C=O) groups excluding carboxylic acids is 1. The smallest absolute Gasteiger partial charge is 0.303 e. The molecule has 2 rings (SSSR count). The van der Waals surface area contributed by atoms with Crippen LogP contribution in [0.5, 0.6) is 0 Å². The number of benzene rings is 1. The largest absolute Gasteiger partial charge is 0.481 e. The van der Waals surface area contributed by atoms with Crippen molar-refractivity contribution in [3.63, 3.8) is 0 Å². The normalized spacial score (nSPS) is 18.2. The third kappa shape index (κ3) is 8.30. The predicted octanol–water partition coefficient (Wildman–Crippen LogP) is 5.34. The van der Waals surface area contributed by atoms with Gasteiger partial charge in [-0.25, -0.2) is 0 Å². The van der Waals surface area contributed by atoms with Gasteiger partial charge < -0.3 is 15.1 Å². The van der Waals surface area contributed by atoms with E-state index in [-0.39, 0.29) is 18.4 Å². The molecule has 0 radical (unpaired) electrons. The molecule has 1 unspecified atom stereocenters. The zero-order chi connectivity index (χ0) is 22.8. The fourth-order valence-corrected chi connectivity index (χ4v) is 4.52. The molecule has 0 bridgehead atoms. The van der Waals surface area contributed by atoms with E-state index in [9.17, 15) is 14.7 Å². The van der Waals surface area contributed by atoms with E-state index < -0.39 is 12.1 Å². The molecule has 1 aromatic carbocycles. The molecule has 1 fully saturated rings. The first-order chi connectivity index (χ1) is 14.8. The van der Waals surface area contributed by atoms with Crippen molar-refractivity contribution >= 4 is 23.5 Å². The van der Waals surface area contributed by atoms with Gasteiger partial charge in [-0.2, -0.15) is 0 Å². The van der Waals surface area contributed by atoms with Crippen molar-refractivity contribution in [2.45, 2.75) is 89.7 Å². The van der Waals surface area contributed by atoms with Crippen LogP contribution in [-0.2, 0) is 16.0 Å². The standard InChI is InChI=1S/C25H36ClNO4/c1-18(2)22-11-7-9-19(25(22)26)17-21(28)15-14-20-10-8-12-23(29)27(20)16-6-4-3-5-13-24(30)31/h7,9,11,14-15,18,20-21,28H,3-6,8,10,12-13,16-17H2,1-2H3,(H,30,31)/t20-,21?/m1/s1. The van der Waals surface area contributed by atoms with Crippen molar-refractivity contribution in [1.29, 1.82) is 0 Å². The van der Waals surface area contributed by atoms with Gasteiger partial charge in [0.15, 0.2) is 0 Å². The topological polar surface area (TPSA) is 77.8 Å². The fourth-order valence-electron chi connectivity index (χ4n) is 4.10. The van der Waals surface area contributed by atoms with E-state index in [1.54, 1.807) is 6.08 Å². The number of hydrogen-bond acceptors (Lipinski definition) is 3. The molecule has 1 aliphatic rings. The maximum absolute atomic E-state index is 12.4. The summed E-state index contributed by atoms with van der Waals surface area (Å²) in [7, 11) is 0. The molecule has 172 valence electrons. The van der Waals surface area contributed by atoms with Crippen molar-refractivity contribution in [3.05, 3.63) is 46.5 Å². The molecule has 6 heteroatoms. The lowest BCUT2D eigenvalue weighted by Gasteiger charge is -2.34. The van der Waals surface area contributed by atoms with Crippen LogP contribution >= 0.6 is 11.6 Å². The van der Waals surface area contributed by atoms with Gasteiger partial charge in [0.25, 0.3) is 0 Å². The summed E-state index contributed by atoms with van der Waals surface area (Å²) in [6.45, 7) is 4.88. The summed E-state index contributed by atoms with van der Waals surface area (Å²) in [4.78, 5) is 24.9. The van der Waals surface area contributed by atoms with Crippen molar-refractivity contribution < 1.29 is 19.8 Å². The van der Waals surface area contributed by atoms with E-state index in [2.05, 4.69) is 13.8 Å². The first-order valence-electron chi connectivity index (χ1n) is 11.4. The maximum atomic E-state index is 12.4. The number of nitrogens with zero attached hydrogens (tertiary/aromatic N) is 1. The first kappa shape index (κ1) is 25.4. The molecule has 1 amide bonds. The number of likely N-dealkylation sites (tertiary alicyclic amines) is 1. The Morgan fingerprint density at radius 3 is 2.71 bits per heavy atom. The van der Waals surface area contributed by atoms with E-state index in [0.717, 1.165) is 48.3 Å². The van der Waals surface area contributed by atoms with E-state index in [1.165, 1.54) is 0 Å². The minimum atomic E-state index is -0.757. The predicted molar refractivity (Wildman–Crippen MR) is 124 cm³/mol. The van der Waals surface area contributed by atoms with Gasteiger partial charge in [-0.15, -0.1) is 0 Å². The summed E-state index contributed by atoms with van der Waals surface area (Å²) in [5.41, 5.74) is 2.02. The van der Waals surface area contributed by atoms with Gasteiger partial charge in [0.2, 0.25) is 5.91 Å². The molecule has 0 aliphatic carbocycles. The lowest BCUT2D eigenvalue weighted by atomic mass is 9.97. The summed E-state index contributed by atoms with van der Waals surface area (Å²) < 4.78 is 0. The molecule has 1 saturated heterocycles. The Bertz CT molecular complexity index is 762. The maximum Gasteiger partial charge on any atom is 0.303 e. The van der Waals surface area contributed by atoms with Gasteiger partial charge in [-0.1, -0.05) is 68.6 Å². The van der Waals surface area contributed by atoms with Crippen LogP contribution in [0, 0.1) is 0 Å². The van der Waals surface area contributed by atoms with E-state index >= 15 is 0 Å². The molecule has 1 heterocycles. The van der Waals surface area contributed by atoms with Gasteiger partial charge in [0.05, 0.1) is 12.1 Å². The number of aliphatic carboxylic acids is 1. The molecular weight excluding hydrogens is 414 g/mol. The Labute approximate surface area is 191 Å². The third-order valence-electron chi connectivity index (χ3n) is 5.87. The minimum Gasteiger partial charge on any atom is -0.481 e. The van der Waals surface area contributed by atoms with Gasteiger partial charge in [0.1, 0.15) is 0 Å². The Hall–Kier alpha value is -1.85. The number of piperidine rings is 1. The lowest BCUT2D eigenvalue weighted by Crippen LogP contribution is -2.43. The third-order valence-corrected chi connectivity index (χ3v) is 6.33.